The zero-order chi connectivity index (χ0) is 14.5. The maximum Gasteiger partial charge on any atom is 0.221 e. The molecule has 5 heteroatoms. The first kappa shape index (κ1) is 14.3. The fraction of sp³-hybridized carbons (Fsp3) is 0.333. The standard InChI is InChI=1S/C15H20N4O/c1-11-14(17-10-18-15(11)20-3)19(2)9-13-6-4-5-12(7-13)8-16/h4-7,10H,8-9,16H2,1-3H3. The monoisotopic (exact) mass is 272 g/mol. The van der Waals surface area contributed by atoms with Gasteiger partial charge in [0, 0.05) is 20.1 Å². The largest absolute Gasteiger partial charge is 0.481 e. The minimum atomic E-state index is 0.553. The van der Waals surface area contributed by atoms with Gasteiger partial charge in [-0.25, -0.2) is 9.97 Å². The zero-order valence-electron chi connectivity index (χ0n) is 12.1. The number of anilines is 1. The summed E-state index contributed by atoms with van der Waals surface area (Å²) >= 11 is 0. The molecule has 0 radical (unpaired) electrons. The van der Waals surface area contributed by atoms with Crippen molar-refractivity contribution in [3.05, 3.63) is 47.3 Å². The number of methoxy groups -OCH3 is 1. The lowest BCUT2D eigenvalue weighted by molar-refractivity contribution is 0.393. The van der Waals surface area contributed by atoms with Gasteiger partial charge in [0.15, 0.2) is 0 Å². The van der Waals surface area contributed by atoms with Gasteiger partial charge in [0.1, 0.15) is 12.1 Å². The number of ether oxygens (including phenoxy) is 1. The first-order valence-corrected chi connectivity index (χ1v) is 6.50. The molecule has 0 spiro atoms. The van der Waals surface area contributed by atoms with Crippen molar-refractivity contribution in [1.82, 2.24) is 9.97 Å². The van der Waals surface area contributed by atoms with Crippen molar-refractivity contribution >= 4 is 5.82 Å². The topological polar surface area (TPSA) is 64.3 Å². The lowest BCUT2D eigenvalue weighted by Gasteiger charge is -2.21. The van der Waals surface area contributed by atoms with Gasteiger partial charge < -0.3 is 15.4 Å². The molecule has 1 aromatic heterocycles. The first-order valence-electron chi connectivity index (χ1n) is 6.50. The number of nitrogens with zero attached hydrogens (tertiary/aromatic N) is 3. The fourth-order valence-electron chi connectivity index (χ4n) is 2.22. The molecule has 0 atom stereocenters. The molecule has 0 unspecified atom stereocenters. The number of rotatable bonds is 5. The summed E-state index contributed by atoms with van der Waals surface area (Å²) < 4.78 is 5.23. The molecule has 2 N–H and O–H groups in total. The number of hydrogen-bond donors (Lipinski definition) is 1. The Kier molecular flexibility index (Phi) is 4.53. The van der Waals surface area contributed by atoms with Crippen LogP contribution in [0.15, 0.2) is 30.6 Å². The Bertz CT molecular complexity index is 586. The van der Waals surface area contributed by atoms with Crippen LogP contribution in [0.2, 0.25) is 0 Å². The molecule has 0 fully saturated rings. The molecule has 1 heterocycles. The van der Waals surface area contributed by atoms with Crippen LogP contribution in [0.25, 0.3) is 0 Å². The van der Waals surface area contributed by atoms with Gasteiger partial charge in [-0.2, -0.15) is 0 Å². The Morgan fingerprint density at radius 3 is 2.70 bits per heavy atom. The van der Waals surface area contributed by atoms with Crippen molar-refractivity contribution in [2.75, 3.05) is 19.1 Å². The average molecular weight is 272 g/mol. The maximum absolute atomic E-state index is 5.67. The lowest BCUT2D eigenvalue weighted by atomic mass is 10.1. The lowest BCUT2D eigenvalue weighted by Crippen LogP contribution is -2.19. The van der Waals surface area contributed by atoms with Crippen molar-refractivity contribution in [1.29, 1.82) is 0 Å². The highest BCUT2D eigenvalue weighted by atomic mass is 16.5. The summed E-state index contributed by atoms with van der Waals surface area (Å²) in [4.78, 5) is 10.5. The summed E-state index contributed by atoms with van der Waals surface area (Å²) in [6.45, 7) is 3.27. The van der Waals surface area contributed by atoms with Crippen molar-refractivity contribution in [3.63, 3.8) is 0 Å². The Balaban J connectivity index is 2.21. The molecule has 0 amide bonds. The molecule has 0 aliphatic heterocycles. The molecule has 2 rings (SSSR count). The molecule has 20 heavy (non-hydrogen) atoms. The number of aromatic nitrogens is 2. The van der Waals surface area contributed by atoms with Gasteiger partial charge in [-0.05, 0) is 18.1 Å². The molecular formula is C15H20N4O. The van der Waals surface area contributed by atoms with Gasteiger partial charge in [-0.3, -0.25) is 0 Å². The normalized spacial score (nSPS) is 10.4. The predicted octanol–water partition coefficient (Wildman–Crippen LogP) is 1.89. The van der Waals surface area contributed by atoms with E-state index in [0.717, 1.165) is 23.5 Å². The van der Waals surface area contributed by atoms with Gasteiger partial charge >= 0.3 is 0 Å². The molecule has 0 saturated heterocycles. The quantitative estimate of drug-likeness (QED) is 0.900. The smallest absolute Gasteiger partial charge is 0.221 e. The molecule has 2 aromatic rings. The van der Waals surface area contributed by atoms with Gasteiger partial charge in [-0.15, -0.1) is 0 Å². The molecule has 106 valence electrons. The second-order valence-electron chi connectivity index (χ2n) is 4.71. The molecular weight excluding hydrogens is 252 g/mol. The molecule has 5 nitrogen and oxygen atoms in total. The van der Waals surface area contributed by atoms with Crippen LogP contribution in [-0.4, -0.2) is 24.1 Å². The van der Waals surface area contributed by atoms with E-state index in [1.807, 2.05) is 26.1 Å². The van der Waals surface area contributed by atoms with E-state index in [1.165, 1.54) is 11.9 Å². The minimum absolute atomic E-state index is 0.553. The fourth-order valence-corrected chi connectivity index (χ4v) is 2.22. The number of benzene rings is 1. The van der Waals surface area contributed by atoms with Crippen molar-refractivity contribution in [2.45, 2.75) is 20.0 Å². The van der Waals surface area contributed by atoms with E-state index >= 15 is 0 Å². The molecule has 1 aromatic carbocycles. The highest BCUT2D eigenvalue weighted by Crippen LogP contribution is 2.23. The summed E-state index contributed by atoms with van der Waals surface area (Å²) in [6, 6.07) is 8.26. The summed E-state index contributed by atoms with van der Waals surface area (Å²) in [7, 11) is 3.62. The number of hydrogen-bond acceptors (Lipinski definition) is 5. The van der Waals surface area contributed by atoms with E-state index in [-0.39, 0.29) is 0 Å². The zero-order valence-corrected chi connectivity index (χ0v) is 12.1. The Labute approximate surface area is 119 Å². The molecule has 0 saturated carbocycles. The van der Waals surface area contributed by atoms with E-state index in [0.29, 0.717) is 12.4 Å². The third-order valence-electron chi connectivity index (χ3n) is 3.21. The molecule has 0 aliphatic carbocycles. The number of nitrogens with two attached hydrogens (primary N) is 1. The van der Waals surface area contributed by atoms with Crippen LogP contribution in [0.4, 0.5) is 5.82 Å². The maximum atomic E-state index is 5.67. The van der Waals surface area contributed by atoms with E-state index < -0.39 is 0 Å². The average Bonchev–Trinajstić information content (AvgIpc) is 2.47. The Hall–Kier alpha value is -2.14. The summed E-state index contributed by atoms with van der Waals surface area (Å²) in [5, 5.41) is 0. The Morgan fingerprint density at radius 2 is 2.00 bits per heavy atom. The summed E-state index contributed by atoms with van der Waals surface area (Å²) in [6.07, 6.45) is 1.52. The SMILES string of the molecule is COc1ncnc(N(C)Cc2cccc(CN)c2)c1C. The van der Waals surface area contributed by atoms with Gasteiger partial charge in [0.25, 0.3) is 0 Å². The minimum Gasteiger partial charge on any atom is -0.481 e. The van der Waals surface area contributed by atoms with Crippen LogP contribution in [0, 0.1) is 6.92 Å². The molecule has 0 aliphatic rings. The summed E-state index contributed by atoms with van der Waals surface area (Å²) in [5.74, 6) is 1.48. The van der Waals surface area contributed by atoms with Crippen LogP contribution in [0.1, 0.15) is 16.7 Å². The van der Waals surface area contributed by atoms with E-state index in [2.05, 4.69) is 27.0 Å². The van der Waals surface area contributed by atoms with Crippen molar-refractivity contribution < 1.29 is 4.74 Å². The van der Waals surface area contributed by atoms with Crippen LogP contribution in [0.3, 0.4) is 0 Å². The highest BCUT2D eigenvalue weighted by molar-refractivity contribution is 5.50. The third-order valence-corrected chi connectivity index (χ3v) is 3.21. The van der Waals surface area contributed by atoms with Crippen molar-refractivity contribution in [3.8, 4) is 5.88 Å². The van der Waals surface area contributed by atoms with Gasteiger partial charge in [0.05, 0.1) is 12.7 Å². The second kappa shape index (κ2) is 6.34. The van der Waals surface area contributed by atoms with E-state index in [4.69, 9.17) is 10.5 Å². The molecule has 0 bridgehead atoms. The van der Waals surface area contributed by atoms with Crippen LogP contribution in [0.5, 0.6) is 5.88 Å². The van der Waals surface area contributed by atoms with Crippen LogP contribution < -0.4 is 15.4 Å². The highest BCUT2D eigenvalue weighted by Gasteiger charge is 2.11. The van der Waals surface area contributed by atoms with Gasteiger partial charge in [-0.1, -0.05) is 24.3 Å². The van der Waals surface area contributed by atoms with Crippen LogP contribution in [-0.2, 0) is 13.1 Å². The third kappa shape index (κ3) is 3.05. The Morgan fingerprint density at radius 1 is 1.25 bits per heavy atom. The van der Waals surface area contributed by atoms with Crippen molar-refractivity contribution in [2.24, 2.45) is 5.73 Å². The first-order chi connectivity index (χ1) is 9.65. The predicted molar refractivity (Wildman–Crippen MR) is 79.8 cm³/mol. The van der Waals surface area contributed by atoms with Crippen LogP contribution >= 0.6 is 0 Å². The van der Waals surface area contributed by atoms with Gasteiger partial charge in [0.2, 0.25) is 5.88 Å². The summed E-state index contributed by atoms with van der Waals surface area (Å²) in [5.41, 5.74) is 8.94. The van der Waals surface area contributed by atoms with E-state index in [9.17, 15) is 0 Å². The van der Waals surface area contributed by atoms with E-state index in [1.54, 1.807) is 7.11 Å². The second-order valence-corrected chi connectivity index (χ2v) is 4.71.